The van der Waals surface area contributed by atoms with Crippen LogP contribution in [0.2, 0.25) is 0 Å². The number of ketones is 1. The van der Waals surface area contributed by atoms with E-state index >= 15 is 0 Å². The number of aromatic nitrogens is 4. The number of benzene rings is 1. The van der Waals surface area contributed by atoms with Crippen LogP contribution in [0.4, 0.5) is 0 Å². The molecule has 0 atom stereocenters. The Morgan fingerprint density at radius 1 is 1.14 bits per heavy atom. The quantitative estimate of drug-likeness (QED) is 0.426. The van der Waals surface area contributed by atoms with Gasteiger partial charge in [-0.2, -0.15) is 0 Å². The average Bonchev–Trinajstić information content (AvgIpc) is 3.18. The molecule has 0 amide bonds. The summed E-state index contributed by atoms with van der Waals surface area (Å²) in [5, 5.41) is 9.30. The highest BCUT2D eigenvalue weighted by molar-refractivity contribution is 7.99. The first-order valence-corrected chi connectivity index (χ1v) is 10.2. The summed E-state index contributed by atoms with van der Waals surface area (Å²) >= 11 is 1.42. The van der Waals surface area contributed by atoms with Crippen molar-refractivity contribution in [1.82, 2.24) is 19.3 Å². The number of nitrogens with zero attached hydrogens (tertiary/aromatic N) is 4. The van der Waals surface area contributed by atoms with Crippen molar-refractivity contribution >= 4 is 17.5 Å². The number of hydrogen-bond acceptors (Lipinski definition) is 5. The molecule has 0 aliphatic rings. The molecule has 1 aromatic carbocycles. The summed E-state index contributed by atoms with van der Waals surface area (Å²) in [6, 6.07) is 10.1. The van der Waals surface area contributed by atoms with Crippen LogP contribution < -0.4 is 0 Å². The Morgan fingerprint density at radius 2 is 1.86 bits per heavy atom. The van der Waals surface area contributed by atoms with E-state index in [1.54, 1.807) is 7.11 Å². The second-order valence-electron chi connectivity index (χ2n) is 6.87. The van der Waals surface area contributed by atoms with Crippen LogP contribution in [0, 0.1) is 20.8 Å². The normalized spacial score (nSPS) is 11.2. The molecular weight excluding hydrogens is 372 g/mol. The number of rotatable bonds is 8. The van der Waals surface area contributed by atoms with E-state index in [0.29, 0.717) is 12.4 Å². The number of carbonyl (C=O) groups is 1. The van der Waals surface area contributed by atoms with Gasteiger partial charge in [-0.25, -0.2) is 0 Å². The van der Waals surface area contributed by atoms with Gasteiger partial charge in [0.05, 0.1) is 12.4 Å². The largest absolute Gasteiger partial charge is 0.383 e. The number of hydrogen-bond donors (Lipinski definition) is 0. The van der Waals surface area contributed by atoms with Crippen molar-refractivity contribution in [2.45, 2.75) is 32.5 Å². The van der Waals surface area contributed by atoms with Crippen molar-refractivity contribution in [3.63, 3.8) is 0 Å². The third-order valence-electron chi connectivity index (χ3n) is 4.87. The van der Waals surface area contributed by atoms with Gasteiger partial charge in [0.2, 0.25) is 0 Å². The fourth-order valence-corrected chi connectivity index (χ4v) is 4.01. The van der Waals surface area contributed by atoms with Gasteiger partial charge < -0.3 is 13.9 Å². The van der Waals surface area contributed by atoms with E-state index in [-0.39, 0.29) is 5.78 Å². The molecule has 0 bridgehead atoms. The highest BCUT2D eigenvalue weighted by Crippen LogP contribution is 2.24. The van der Waals surface area contributed by atoms with Crippen molar-refractivity contribution in [2.75, 3.05) is 19.5 Å². The lowest BCUT2D eigenvalue weighted by Gasteiger charge is -2.08. The summed E-state index contributed by atoms with van der Waals surface area (Å²) in [5.74, 6) is 1.23. The Hall–Kier alpha value is -2.38. The molecule has 3 rings (SSSR count). The molecule has 0 unspecified atom stereocenters. The van der Waals surface area contributed by atoms with E-state index < -0.39 is 0 Å². The zero-order valence-corrected chi connectivity index (χ0v) is 17.8. The Morgan fingerprint density at radius 3 is 2.54 bits per heavy atom. The van der Waals surface area contributed by atoms with Crippen molar-refractivity contribution in [3.8, 4) is 11.4 Å². The Kier molecular flexibility index (Phi) is 6.36. The van der Waals surface area contributed by atoms with Crippen LogP contribution in [0.15, 0.2) is 35.5 Å². The number of ether oxygens (including phenoxy) is 1. The molecule has 6 nitrogen and oxygen atoms in total. The first kappa shape index (κ1) is 20.4. The van der Waals surface area contributed by atoms with E-state index in [1.807, 2.05) is 43.7 Å². The third kappa shape index (κ3) is 4.20. The van der Waals surface area contributed by atoms with Crippen LogP contribution in [0.5, 0.6) is 0 Å². The van der Waals surface area contributed by atoms with Crippen molar-refractivity contribution in [1.29, 1.82) is 0 Å². The maximum absolute atomic E-state index is 12.8. The molecular formula is C21H26N4O2S. The third-order valence-corrected chi connectivity index (χ3v) is 5.89. The van der Waals surface area contributed by atoms with Crippen LogP contribution in [-0.4, -0.2) is 44.6 Å². The number of carbonyl (C=O) groups excluding carboxylic acids is 1. The monoisotopic (exact) mass is 398 g/mol. The second kappa shape index (κ2) is 8.75. The topological polar surface area (TPSA) is 61.9 Å². The minimum absolute atomic E-state index is 0.0988. The van der Waals surface area contributed by atoms with E-state index in [4.69, 9.17) is 4.74 Å². The molecule has 28 heavy (non-hydrogen) atoms. The SMILES string of the molecule is COCCn1c(C)cc(C(=O)CSc2nnc(-c3ccc(C)cc3)n2C)c1C. The van der Waals surface area contributed by atoms with Crippen LogP contribution in [0.1, 0.15) is 27.3 Å². The first-order valence-electron chi connectivity index (χ1n) is 9.20. The van der Waals surface area contributed by atoms with Gasteiger partial charge in [-0.3, -0.25) is 4.79 Å². The maximum atomic E-state index is 12.8. The van der Waals surface area contributed by atoms with Gasteiger partial charge >= 0.3 is 0 Å². The zero-order chi connectivity index (χ0) is 20.3. The van der Waals surface area contributed by atoms with Gasteiger partial charge in [-0.05, 0) is 26.8 Å². The maximum Gasteiger partial charge on any atom is 0.191 e. The van der Waals surface area contributed by atoms with Crippen molar-refractivity contribution < 1.29 is 9.53 Å². The van der Waals surface area contributed by atoms with Crippen LogP contribution in [-0.2, 0) is 18.3 Å². The molecule has 0 spiro atoms. The smallest absolute Gasteiger partial charge is 0.191 e. The molecule has 7 heteroatoms. The molecule has 0 fully saturated rings. The van der Waals surface area contributed by atoms with Gasteiger partial charge in [0.1, 0.15) is 0 Å². The van der Waals surface area contributed by atoms with Gasteiger partial charge in [-0.1, -0.05) is 41.6 Å². The predicted octanol–water partition coefficient (Wildman–Crippen LogP) is 3.83. The lowest BCUT2D eigenvalue weighted by atomic mass is 10.1. The van der Waals surface area contributed by atoms with E-state index in [2.05, 4.69) is 33.8 Å². The van der Waals surface area contributed by atoms with E-state index in [9.17, 15) is 4.79 Å². The lowest BCUT2D eigenvalue weighted by Crippen LogP contribution is -2.10. The van der Waals surface area contributed by atoms with Crippen LogP contribution in [0.3, 0.4) is 0 Å². The van der Waals surface area contributed by atoms with Gasteiger partial charge in [0, 0.05) is 43.2 Å². The highest BCUT2D eigenvalue weighted by Gasteiger charge is 2.18. The Labute approximate surface area is 169 Å². The highest BCUT2D eigenvalue weighted by atomic mass is 32.2. The molecule has 0 N–H and O–H groups in total. The summed E-state index contributed by atoms with van der Waals surface area (Å²) in [5.41, 5.74) is 5.04. The van der Waals surface area contributed by atoms with Crippen molar-refractivity contribution in [3.05, 3.63) is 52.8 Å². The fourth-order valence-electron chi connectivity index (χ4n) is 3.21. The van der Waals surface area contributed by atoms with Crippen LogP contribution >= 0.6 is 11.8 Å². The standard InChI is InChI=1S/C21H26N4O2S/c1-14-6-8-17(9-7-14)20-22-23-21(24(20)4)28-13-19(26)18-12-15(2)25(16(18)3)10-11-27-5/h6-9,12H,10-11,13H2,1-5H3. The molecule has 0 saturated heterocycles. The first-order chi connectivity index (χ1) is 13.4. The van der Waals surface area contributed by atoms with Gasteiger partial charge in [-0.15, -0.1) is 10.2 Å². The molecule has 0 saturated carbocycles. The summed E-state index contributed by atoms with van der Waals surface area (Å²) in [4.78, 5) is 12.8. The number of aryl methyl sites for hydroxylation is 2. The zero-order valence-electron chi connectivity index (χ0n) is 17.0. The van der Waals surface area contributed by atoms with E-state index in [1.165, 1.54) is 17.3 Å². The summed E-state index contributed by atoms with van der Waals surface area (Å²) in [6.45, 7) is 7.43. The minimum Gasteiger partial charge on any atom is -0.383 e. The summed E-state index contributed by atoms with van der Waals surface area (Å²) < 4.78 is 9.22. The summed E-state index contributed by atoms with van der Waals surface area (Å²) in [7, 11) is 3.61. The number of methoxy groups -OCH3 is 1. The molecule has 2 heterocycles. The molecule has 0 aliphatic carbocycles. The molecule has 3 aromatic rings. The molecule has 0 radical (unpaired) electrons. The Bertz CT molecular complexity index is 973. The average molecular weight is 399 g/mol. The molecule has 2 aromatic heterocycles. The molecule has 0 aliphatic heterocycles. The number of Topliss-reactive ketones (excluding diaryl/α,β-unsaturated/α-hetero) is 1. The summed E-state index contributed by atoms with van der Waals surface area (Å²) in [6.07, 6.45) is 0. The number of thioether (sulfide) groups is 1. The second-order valence-corrected chi connectivity index (χ2v) is 7.81. The molecule has 148 valence electrons. The fraction of sp³-hybridized carbons (Fsp3) is 0.381. The van der Waals surface area contributed by atoms with E-state index in [0.717, 1.165) is 40.0 Å². The van der Waals surface area contributed by atoms with Gasteiger partial charge in [0.25, 0.3) is 0 Å². The van der Waals surface area contributed by atoms with Crippen molar-refractivity contribution in [2.24, 2.45) is 7.05 Å². The van der Waals surface area contributed by atoms with Gasteiger partial charge in [0.15, 0.2) is 16.8 Å². The minimum atomic E-state index is 0.0988. The van der Waals surface area contributed by atoms with Crippen LogP contribution in [0.25, 0.3) is 11.4 Å². The Balaban J connectivity index is 1.71. The predicted molar refractivity (Wildman–Crippen MR) is 112 cm³/mol. The lowest BCUT2D eigenvalue weighted by molar-refractivity contribution is 0.102.